The maximum absolute atomic E-state index is 5.65. The van der Waals surface area contributed by atoms with Crippen LogP contribution in [0.4, 0.5) is 11.9 Å². The zero-order chi connectivity index (χ0) is 13.0. The van der Waals surface area contributed by atoms with Crippen LogP contribution < -0.4 is 11.1 Å². The second-order valence-electron chi connectivity index (χ2n) is 3.79. The highest BCUT2D eigenvalue weighted by Gasteiger charge is 2.08. The number of anilines is 2. The molecule has 8 heteroatoms. The van der Waals surface area contributed by atoms with Gasteiger partial charge in [0, 0.05) is 25.5 Å². The standard InChI is InChI=1S/C10H15N7O/c1-7(5-18-2)13-9-14-8(11)15-10(16-9)17-4-3-12-6-17/h3-4,6-7H,5H2,1-2H3,(H3,11,13,14,15,16). The number of rotatable bonds is 5. The lowest BCUT2D eigenvalue weighted by atomic mass is 10.4. The van der Waals surface area contributed by atoms with Crippen molar-refractivity contribution in [3.8, 4) is 5.95 Å². The molecule has 0 amide bonds. The number of aromatic nitrogens is 5. The van der Waals surface area contributed by atoms with Gasteiger partial charge < -0.3 is 15.8 Å². The second kappa shape index (κ2) is 5.41. The van der Waals surface area contributed by atoms with E-state index in [0.29, 0.717) is 18.5 Å². The van der Waals surface area contributed by atoms with Crippen LogP contribution >= 0.6 is 0 Å². The predicted molar refractivity (Wildman–Crippen MR) is 66.3 cm³/mol. The Bertz CT molecular complexity index is 499. The summed E-state index contributed by atoms with van der Waals surface area (Å²) in [5.41, 5.74) is 5.65. The highest BCUT2D eigenvalue weighted by Crippen LogP contribution is 2.07. The fourth-order valence-electron chi connectivity index (χ4n) is 1.45. The normalized spacial score (nSPS) is 12.3. The molecule has 0 saturated carbocycles. The number of nitrogens with one attached hydrogen (secondary N) is 1. The third kappa shape index (κ3) is 2.92. The summed E-state index contributed by atoms with van der Waals surface area (Å²) >= 11 is 0. The van der Waals surface area contributed by atoms with Gasteiger partial charge in [-0.25, -0.2) is 4.98 Å². The average Bonchev–Trinajstić information content (AvgIpc) is 2.81. The van der Waals surface area contributed by atoms with Gasteiger partial charge in [0.15, 0.2) is 0 Å². The van der Waals surface area contributed by atoms with Gasteiger partial charge in [-0.1, -0.05) is 0 Å². The summed E-state index contributed by atoms with van der Waals surface area (Å²) in [4.78, 5) is 16.2. The Morgan fingerprint density at radius 2 is 2.28 bits per heavy atom. The molecule has 0 spiro atoms. The molecule has 0 aromatic carbocycles. The van der Waals surface area contributed by atoms with Gasteiger partial charge in [0.05, 0.1) is 6.61 Å². The quantitative estimate of drug-likeness (QED) is 0.773. The van der Waals surface area contributed by atoms with E-state index in [0.717, 1.165) is 0 Å². The lowest BCUT2D eigenvalue weighted by Gasteiger charge is -2.13. The first-order chi connectivity index (χ1) is 8.69. The highest BCUT2D eigenvalue weighted by molar-refractivity contribution is 5.35. The van der Waals surface area contributed by atoms with Crippen LogP contribution in [-0.4, -0.2) is 44.3 Å². The fraction of sp³-hybridized carbons (Fsp3) is 0.400. The van der Waals surface area contributed by atoms with Crippen molar-refractivity contribution >= 4 is 11.9 Å². The van der Waals surface area contributed by atoms with Crippen molar-refractivity contribution in [3.05, 3.63) is 18.7 Å². The van der Waals surface area contributed by atoms with Crippen molar-refractivity contribution < 1.29 is 4.74 Å². The molecule has 2 heterocycles. The van der Waals surface area contributed by atoms with Crippen molar-refractivity contribution in [2.24, 2.45) is 0 Å². The Morgan fingerprint density at radius 1 is 1.44 bits per heavy atom. The molecular weight excluding hydrogens is 234 g/mol. The summed E-state index contributed by atoms with van der Waals surface area (Å²) in [6.07, 6.45) is 4.97. The largest absolute Gasteiger partial charge is 0.383 e. The number of imidazole rings is 1. The minimum Gasteiger partial charge on any atom is -0.383 e. The van der Waals surface area contributed by atoms with Gasteiger partial charge in [0.1, 0.15) is 6.33 Å². The van der Waals surface area contributed by atoms with E-state index in [1.165, 1.54) is 0 Å². The summed E-state index contributed by atoms with van der Waals surface area (Å²) in [5.74, 6) is 0.990. The summed E-state index contributed by atoms with van der Waals surface area (Å²) in [7, 11) is 1.64. The molecule has 0 fully saturated rings. The number of hydrogen-bond acceptors (Lipinski definition) is 7. The Hall–Kier alpha value is -2.22. The summed E-state index contributed by atoms with van der Waals surface area (Å²) in [6, 6.07) is 0.0763. The van der Waals surface area contributed by atoms with Gasteiger partial charge in [-0.3, -0.25) is 4.57 Å². The summed E-state index contributed by atoms with van der Waals surface area (Å²) in [5, 5.41) is 3.08. The van der Waals surface area contributed by atoms with Crippen LogP contribution in [0.15, 0.2) is 18.7 Å². The summed E-state index contributed by atoms with van der Waals surface area (Å²) in [6.45, 7) is 2.51. The predicted octanol–water partition coefficient (Wildman–Crippen LogP) is 0.0863. The molecule has 18 heavy (non-hydrogen) atoms. The Kier molecular flexibility index (Phi) is 3.68. The Balaban J connectivity index is 2.22. The lowest BCUT2D eigenvalue weighted by Crippen LogP contribution is -2.23. The molecule has 2 rings (SSSR count). The molecule has 3 N–H and O–H groups in total. The minimum atomic E-state index is 0.0763. The minimum absolute atomic E-state index is 0.0763. The molecular formula is C10H15N7O. The molecule has 1 unspecified atom stereocenters. The Labute approximate surface area is 104 Å². The van der Waals surface area contributed by atoms with Crippen LogP contribution in [0.3, 0.4) is 0 Å². The van der Waals surface area contributed by atoms with Crippen molar-refractivity contribution in [2.45, 2.75) is 13.0 Å². The van der Waals surface area contributed by atoms with E-state index in [9.17, 15) is 0 Å². The number of hydrogen-bond donors (Lipinski definition) is 2. The molecule has 0 aliphatic carbocycles. The maximum Gasteiger partial charge on any atom is 0.241 e. The van der Waals surface area contributed by atoms with Crippen LogP contribution in [0.1, 0.15) is 6.92 Å². The van der Waals surface area contributed by atoms with Gasteiger partial charge in [0.2, 0.25) is 17.8 Å². The molecule has 0 bridgehead atoms. The van der Waals surface area contributed by atoms with Crippen LogP contribution in [0.25, 0.3) is 5.95 Å². The van der Waals surface area contributed by atoms with Crippen molar-refractivity contribution in [1.29, 1.82) is 0 Å². The molecule has 96 valence electrons. The van der Waals surface area contributed by atoms with E-state index in [2.05, 4.69) is 25.3 Å². The first kappa shape index (κ1) is 12.2. The number of nitrogens with two attached hydrogens (primary N) is 1. The molecule has 8 nitrogen and oxygen atoms in total. The smallest absolute Gasteiger partial charge is 0.241 e. The van der Waals surface area contributed by atoms with Gasteiger partial charge in [0.25, 0.3) is 0 Å². The highest BCUT2D eigenvalue weighted by atomic mass is 16.5. The molecule has 0 radical (unpaired) electrons. The zero-order valence-electron chi connectivity index (χ0n) is 10.2. The first-order valence-electron chi connectivity index (χ1n) is 5.44. The summed E-state index contributed by atoms with van der Waals surface area (Å²) < 4.78 is 6.69. The third-order valence-corrected chi connectivity index (χ3v) is 2.17. The molecule has 0 saturated heterocycles. The van der Waals surface area contributed by atoms with Crippen molar-refractivity contribution in [2.75, 3.05) is 24.8 Å². The topological polar surface area (TPSA) is 104 Å². The molecule has 1 atom stereocenters. The van der Waals surface area contributed by atoms with Gasteiger partial charge in [-0.05, 0) is 6.92 Å². The van der Waals surface area contributed by atoms with Crippen molar-refractivity contribution in [1.82, 2.24) is 24.5 Å². The van der Waals surface area contributed by atoms with E-state index in [-0.39, 0.29) is 12.0 Å². The molecule has 0 aliphatic rings. The van der Waals surface area contributed by atoms with E-state index in [1.807, 2.05) is 6.92 Å². The average molecular weight is 249 g/mol. The van der Waals surface area contributed by atoms with Crippen LogP contribution in [-0.2, 0) is 4.74 Å². The SMILES string of the molecule is COCC(C)Nc1nc(N)nc(-n2ccnc2)n1. The number of ether oxygens (including phenoxy) is 1. The zero-order valence-corrected chi connectivity index (χ0v) is 10.2. The van der Waals surface area contributed by atoms with E-state index < -0.39 is 0 Å². The van der Waals surface area contributed by atoms with Crippen LogP contribution in [0, 0.1) is 0 Å². The maximum atomic E-state index is 5.65. The monoisotopic (exact) mass is 249 g/mol. The lowest BCUT2D eigenvalue weighted by molar-refractivity contribution is 0.190. The van der Waals surface area contributed by atoms with Crippen LogP contribution in [0.2, 0.25) is 0 Å². The number of nitrogen functional groups attached to an aromatic ring is 1. The molecule has 2 aromatic heterocycles. The van der Waals surface area contributed by atoms with Crippen LogP contribution in [0.5, 0.6) is 0 Å². The van der Waals surface area contributed by atoms with Gasteiger partial charge in [-0.2, -0.15) is 15.0 Å². The second-order valence-corrected chi connectivity index (χ2v) is 3.79. The fourth-order valence-corrected chi connectivity index (χ4v) is 1.45. The van der Waals surface area contributed by atoms with Gasteiger partial charge in [-0.15, -0.1) is 0 Å². The van der Waals surface area contributed by atoms with Gasteiger partial charge >= 0.3 is 0 Å². The number of methoxy groups -OCH3 is 1. The molecule has 0 aliphatic heterocycles. The third-order valence-electron chi connectivity index (χ3n) is 2.17. The van der Waals surface area contributed by atoms with E-state index in [1.54, 1.807) is 30.4 Å². The molecule has 2 aromatic rings. The van der Waals surface area contributed by atoms with Crippen molar-refractivity contribution in [3.63, 3.8) is 0 Å². The van der Waals surface area contributed by atoms with E-state index in [4.69, 9.17) is 10.5 Å². The Morgan fingerprint density at radius 3 is 2.94 bits per heavy atom. The van der Waals surface area contributed by atoms with E-state index >= 15 is 0 Å². The first-order valence-corrected chi connectivity index (χ1v) is 5.44. The number of nitrogens with zero attached hydrogens (tertiary/aromatic N) is 5.